The van der Waals surface area contributed by atoms with Crippen LogP contribution in [-0.4, -0.2) is 9.97 Å². The van der Waals surface area contributed by atoms with Crippen molar-refractivity contribution in [3.8, 4) is 44.8 Å². The lowest BCUT2D eigenvalue weighted by Gasteiger charge is -2.26. The van der Waals surface area contributed by atoms with Crippen LogP contribution in [0, 0.1) is 0 Å². The zero-order valence-electron chi connectivity index (χ0n) is 30.7. The molecule has 0 atom stereocenters. The van der Waals surface area contributed by atoms with Gasteiger partial charge in [0, 0.05) is 57.6 Å². The summed E-state index contributed by atoms with van der Waals surface area (Å²) in [4.78, 5) is 14.3. The number of aromatic nitrogens is 2. The highest BCUT2D eigenvalue weighted by Gasteiger charge is 2.17. The molecule has 8 aromatic carbocycles. The van der Waals surface area contributed by atoms with Gasteiger partial charge in [-0.25, -0.2) is 0 Å². The summed E-state index contributed by atoms with van der Waals surface area (Å²) in [6, 6.07) is 76.6. The van der Waals surface area contributed by atoms with Gasteiger partial charge >= 0.3 is 0 Å². The Morgan fingerprint density at radius 2 is 0.446 bits per heavy atom. The summed E-state index contributed by atoms with van der Waals surface area (Å²) < 4.78 is 0. The molecule has 1 aromatic heterocycles. The lowest BCUT2D eigenvalue weighted by Crippen LogP contribution is -2.09. The Morgan fingerprint density at radius 1 is 0.214 bits per heavy atom. The Kier molecular flexibility index (Phi) is 9.66. The van der Waals surface area contributed by atoms with Gasteiger partial charge in [-0.1, -0.05) is 146 Å². The molecule has 0 unspecified atom stereocenters. The molecule has 0 aliphatic heterocycles. The van der Waals surface area contributed by atoms with Crippen LogP contribution in [0.3, 0.4) is 0 Å². The summed E-state index contributed by atoms with van der Waals surface area (Å²) in [5, 5.41) is 0. The monoisotopic (exact) mass is 718 g/mol. The van der Waals surface area contributed by atoms with Crippen LogP contribution >= 0.6 is 0 Å². The highest BCUT2D eigenvalue weighted by Crippen LogP contribution is 2.39. The van der Waals surface area contributed by atoms with E-state index in [1.807, 2.05) is 24.3 Å². The number of anilines is 6. The van der Waals surface area contributed by atoms with Gasteiger partial charge in [0.1, 0.15) is 0 Å². The molecule has 4 nitrogen and oxygen atoms in total. The van der Waals surface area contributed by atoms with Crippen molar-refractivity contribution in [2.45, 2.75) is 0 Å². The van der Waals surface area contributed by atoms with E-state index >= 15 is 0 Å². The smallest absolute Gasteiger partial charge is 0.0965 e. The van der Waals surface area contributed by atoms with Gasteiger partial charge in [-0.05, 0) is 95.1 Å². The van der Waals surface area contributed by atoms with Crippen molar-refractivity contribution in [1.29, 1.82) is 0 Å². The quantitative estimate of drug-likeness (QED) is 0.141. The van der Waals surface area contributed by atoms with E-state index in [1.165, 1.54) is 22.3 Å². The van der Waals surface area contributed by atoms with E-state index in [1.54, 1.807) is 12.4 Å². The SMILES string of the molecule is c1ccc(-c2ccc(N(c3ccccc3)c3ccc(-c4nccnc4-c4ccc(N(c5ccccc5)c5ccc(-c6ccccc6)cc5)cc4)cc3)cc2)cc1. The lowest BCUT2D eigenvalue weighted by molar-refractivity contribution is 1.21. The topological polar surface area (TPSA) is 32.3 Å². The third kappa shape index (κ3) is 7.20. The molecule has 0 fully saturated rings. The normalized spacial score (nSPS) is 10.9. The molecule has 266 valence electrons. The van der Waals surface area contributed by atoms with Crippen LogP contribution in [-0.2, 0) is 0 Å². The summed E-state index contributed by atoms with van der Waals surface area (Å²) in [5.74, 6) is 0. The molecule has 56 heavy (non-hydrogen) atoms. The van der Waals surface area contributed by atoms with Crippen molar-refractivity contribution in [2.24, 2.45) is 0 Å². The lowest BCUT2D eigenvalue weighted by atomic mass is 10.0. The van der Waals surface area contributed by atoms with Crippen molar-refractivity contribution >= 4 is 34.1 Å². The van der Waals surface area contributed by atoms with E-state index in [4.69, 9.17) is 9.97 Å². The fraction of sp³-hybridized carbons (Fsp3) is 0. The highest BCUT2D eigenvalue weighted by atomic mass is 15.1. The number of para-hydroxylation sites is 2. The first-order valence-corrected chi connectivity index (χ1v) is 18.8. The summed E-state index contributed by atoms with van der Waals surface area (Å²) in [7, 11) is 0. The molecule has 0 amide bonds. The number of hydrogen-bond donors (Lipinski definition) is 0. The first-order valence-electron chi connectivity index (χ1n) is 18.8. The summed E-state index contributed by atoms with van der Waals surface area (Å²) in [5.41, 5.74) is 14.9. The zero-order valence-corrected chi connectivity index (χ0v) is 30.7. The maximum atomic E-state index is 4.85. The second-order valence-electron chi connectivity index (χ2n) is 13.5. The first kappa shape index (κ1) is 34.2. The number of hydrogen-bond acceptors (Lipinski definition) is 4. The second-order valence-corrected chi connectivity index (χ2v) is 13.5. The zero-order chi connectivity index (χ0) is 37.5. The number of benzene rings is 8. The minimum absolute atomic E-state index is 0.835. The minimum atomic E-state index is 0.835. The van der Waals surface area contributed by atoms with Crippen LogP contribution in [0.25, 0.3) is 44.8 Å². The van der Waals surface area contributed by atoms with Gasteiger partial charge < -0.3 is 9.80 Å². The molecule has 0 aliphatic rings. The Labute approximate surface area is 328 Å². The fourth-order valence-electron chi connectivity index (χ4n) is 7.21. The van der Waals surface area contributed by atoms with Gasteiger partial charge in [0.2, 0.25) is 0 Å². The van der Waals surface area contributed by atoms with Gasteiger partial charge in [-0.15, -0.1) is 0 Å². The molecule has 9 aromatic rings. The van der Waals surface area contributed by atoms with Crippen molar-refractivity contribution in [3.63, 3.8) is 0 Å². The Hall–Kier alpha value is -7.56. The predicted octanol–water partition coefficient (Wildman–Crippen LogP) is 14.1. The van der Waals surface area contributed by atoms with Crippen molar-refractivity contribution < 1.29 is 0 Å². The fourth-order valence-corrected chi connectivity index (χ4v) is 7.21. The Morgan fingerprint density at radius 3 is 0.750 bits per heavy atom. The standard InChI is InChI=1S/C52H38N4/c1-5-13-39(14-6-1)41-21-29-47(30-22-41)55(45-17-9-3-10-18-45)49-33-25-43(26-34-49)51-52(54-38-37-53-51)44-27-35-50(36-28-44)56(46-19-11-4-12-20-46)48-31-23-42(24-32-48)40-15-7-2-8-16-40/h1-38H. The van der Waals surface area contributed by atoms with Gasteiger partial charge in [-0.3, -0.25) is 9.97 Å². The Balaban J connectivity index is 1.02. The van der Waals surface area contributed by atoms with E-state index in [0.29, 0.717) is 0 Å². The van der Waals surface area contributed by atoms with E-state index in [2.05, 4.69) is 204 Å². The third-order valence-corrected chi connectivity index (χ3v) is 9.99. The van der Waals surface area contributed by atoms with E-state index < -0.39 is 0 Å². The maximum Gasteiger partial charge on any atom is 0.0965 e. The van der Waals surface area contributed by atoms with Gasteiger partial charge in [0.15, 0.2) is 0 Å². The maximum absolute atomic E-state index is 4.85. The molecule has 1 heterocycles. The van der Waals surface area contributed by atoms with Crippen molar-refractivity contribution in [1.82, 2.24) is 9.97 Å². The highest BCUT2D eigenvalue weighted by molar-refractivity contribution is 5.84. The molecule has 0 saturated heterocycles. The van der Waals surface area contributed by atoms with Crippen LogP contribution < -0.4 is 9.80 Å². The third-order valence-electron chi connectivity index (χ3n) is 9.99. The summed E-state index contributed by atoms with van der Waals surface area (Å²) >= 11 is 0. The average Bonchev–Trinajstić information content (AvgIpc) is 3.29. The molecule has 0 saturated carbocycles. The molecular formula is C52H38N4. The van der Waals surface area contributed by atoms with E-state index in [-0.39, 0.29) is 0 Å². The van der Waals surface area contributed by atoms with E-state index in [9.17, 15) is 0 Å². The second kappa shape index (κ2) is 15.8. The molecule has 9 rings (SSSR count). The molecular weight excluding hydrogens is 681 g/mol. The van der Waals surface area contributed by atoms with Gasteiger partial charge in [0.05, 0.1) is 11.4 Å². The molecule has 4 heteroatoms. The number of rotatable bonds is 10. The predicted molar refractivity (Wildman–Crippen MR) is 233 cm³/mol. The van der Waals surface area contributed by atoms with Gasteiger partial charge in [-0.2, -0.15) is 0 Å². The number of nitrogens with zero attached hydrogens (tertiary/aromatic N) is 4. The van der Waals surface area contributed by atoms with Crippen LogP contribution in [0.5, 0.6) is 0 Å². The molecule has 0 radical (unpaired) electrons. The van der Waals surface area contributed by atoms with Crippen LogP contribution in [0.1, 0.15) is 0 Å². The molecule has 0 N–H and O–H groups in total. The minimum Gasteiger partial charge on any atom is -0.311 e. The van der Waals surface area contributed by atoms with E-state index in [0.717, 1.165) is 56.6 Å². The summed E-state index contributed by atoms with van der Waals surface area (Å²) in [6.45, 7) is 0. The molecule has 0 spiro atoms. The largest absolute Gasteiger partial charge is 0.311 e. The van der Waals surface area contributed by atoms with Gasteiger partial charge in [0.25, 0.3) is 0 Å². The molecule has 0 aliphatic carbocycles. The van der Waals surface area contributed by atoms with Crippen LogP contribution in [0.4, 0.5) is 34.1 Å². The average molecular weight is 719 g/mol. The molecule has 0 bridgehead atoms. The Bertz CT molecular complexity index is 2440. The summed E-state index contributed by atoms with van der Waals surface area (Å²) in [6.07, 6.45) is 3.53. The first-order chi connectivity index (χ1) is 27.8. The van der Waals surface area contributed by atoms with Crippen LogP contribution in [0.2, 0.25) is 0 Å². The van der Waals surface area contributed by atoms with Crippen molar-refractivity contribution in [3.05, 3.63) is 231 Å². The van der Waals surface area contributed by atoms with Crippen LogP contribution in [0.15, 0.2) is 231 Å². The van der Waals surface area contributed by atoms with Crippen molar-refractivity contribution in [2.75, 3.05) is 9.80 Å².